The Morgan fingerprint density at radius 1 is 0.952 bits per heavy atom. The third-order valence-corrected chi connectivity index (χ3v) is 13.2. The van der Waals surface area contributed by atoms with E-state index in [2.05, 4.69) is 10.2 Å². The zero-order valence-electron chi connectivity index (χ0n) is 37.0. The number of esters is 1. The second-order valence-electron chi connectivity index (χ2n) is 17.5. The first kappa shape index (κ1) is 46.3. The quantitative estimate of drug-likeness (QED) is 0.100. The van der Waals surface area contributed by atoms with Crippen molar-refractivity contribution in [2.24, 2.45) is 28.8 Å². The molecular weight excluding hydrogens is 801 g/mol. The van der Waals surface area contributed by atoms with Crippen LogP contribution in [0.1, 0.15) is 89.2 Å². The van der Waals surface area contributed by atoms with Crippen molar-refractivity contribution < 1.29 is 58.9 Å². The van der Waals surface area contributed by atoms with Crippen LogP contribution in [-0.2, 0) is 23.8 Å². The summed E-state index contributed by atoms with van der Waals surface area (Å²) in [6.07, 6.45) is 8.25. The summed E-state index contributed by atoms with van der Waals surface area (Å²) in [5.74, 6) is -8.27. The predicted molar refractivity (Wildman–Crippen MR) is 232 cm³/mol. The van der Waals surface area contributed by atoms with Crippen molar-refractivity contribution in [2.75, 3.05) is 38.6 Å². The standard InChI is InChI=1S/C46H62N4O12/c1-23-13-12-14-24(2)45(58)48-36-31(21-47-50-19-18-49-17-11-10-15-30(49)22-50)40(55)33-34(41(36)56)39(54)28(6)43-35(33)44(57)46(8,62-43)60-20-16-32(59-9)25(3)42(61-29(7)51)27(5)38(53)26(4)37(23)52/h12-14,16,20-21,23,25-27,30,32,37-38,42,52-56H,10-11,15,17-19,22H2,1-9H3,(H,48,58)/b13-12+,20-16+,24-14-,47-21+. The molecule has 5 aliphatic rings. The van der Waals surface area contributed by atoms with Gasteiger partial charge in [-0.25, -0.2) is 0 Å². The number of ketones is 1. The number of phenols is 3. The summed E-state index contributed by atoms with van der Waals surface area (Å²) in [5.41, 5.74) is -0.287. The third kappa shape index (κ3) is 8.87. The van der Waals surface area contributed by atoms with Gasteiger partial charge in [-0.3, -0.25) is 24.3 Å². The van der Waals surface area contributed by atoms with Gasteiger partial charge in [0.25, 0.3) is 11.7 Å². The molecule has 0 aliphatic carbocycles. The van der Waals surface area contributed by atoms with Gasteiger partial charge >= 0.3 is 11.8 Å². The third-order valence-electron chi connectivity index (χ3n) is 13.2. The van der Waals surface area contributed by atoms with E-state index in [-0.39, 0.29) is 44.5 Å². The molecule has 2 aromatic carbocycles. The SMILES string of the molecule is COC1/C=C/OC2(C)Oc3c(C)c(O)c4c(O)c(c(/C=N/N5CCN6CCCCC6C5)c(O)c4c3C2=O)NC(=O)/C(C)=C\C=C\C(C)C(O)C(C)C(O)C(C)C(OC(C)=O)C1C. The average molecular weight is 863 g/mol. The number of Topliss-reactive ketones (excluding diaryl/α,β-unsaturated/α-hetero) is 1. The lowest BCUT2D eigenvalue weighted by atomic mass is 9.78. The van der Waals surface area contributed by atoms with Crippen molar-refractivity contribution in [3.63, 3.8) is 0 Å². The van der Waals surface area contributed by atoms with Crippen LogP contribution in [0.2, 0.25) is 0 Å². The molecule has 10 unspecified atom stereocenters. The maximum absolute atomic E-state index is 14.5. The first-order valence-corrected chi connectivity index (χ1v) is 21.4. The Hall–Kier alpha value is -5.16. The number of fused-ring (bicyclic) bond motifs is 15. The second-order valence-corrected chi connectivity index (χ2v) is 17.5. The Bertz CT molecular complexity index is 2190. The highest BCUT2D eigenvalue weighted by Crippen LogP contribution is 2.55. The Labute approximate surface area is 362 Å². The number of aromatic hydroxyl groups is 3. The van der Waals surface area contributed by atoms with Crippen LogP contribution in [0.5, 0.6) is 23.0 Å². The number of hydrogen-bond donors (Lipinski definition) is 6. The van der Waals surface area contributed by atoms with Crippen LogP contribution in [-0.4, -0.2) is 129 Å². The number of ether oxygens (including phenoxy) is 4. The molecule has 16 nitrogen and oxygen atoms in total. The van der Waals surface area contributed by atoms with E-state index < -0.39 is 88.8 Å². The molecule has 6 N–H and O–H groups in total. The number of nitrogens with one attached hydrogen (secondary N) is 1. The molecule has 16 heteroatoms. The van der Waals surface area contributed by atoms with Crippen LogP contribution in [0.25, 0.3) is 10.8 Å². The molecule has 2 fully saturated rings. The predicted octanol–water partition coefficient (Wildman–Crippen LogP) is 5.26. The van der Waals surface area contributed by atoms with Crippen LogP contribution in [0.4, 0.5) is 5.69 Å². The summed E-state index contributed by atoms with van der Waals surface area (Å²) in [5, 5.41) is 67.6. The Balaban J connectivity index is 1.50. The number of hydrazone groups is 1. The van der Waals surface area contributed by atoms with Crippen molar-refractivity contribution in [3.8, 4) is 23.0 Å². The number of aliphatic hydroxyl groups excluding tert-OH is 2. The molecule has 5 heterocycles. The summed E-state index contributed by atoms with van der Waals surface area (Å²) in [6.45, 7) is 15.6. The van der Waals surface area contributed by atoms with Gasteiger partial charge in [0.15, 0.2) is 5.75 Å². The summed E-state index contributed by atoms with van der Waals surface area (Å²) in [6, 6.07) is 0.305. The number of benzene rings is 2. The minimum absolute atomic E-state index is 0.0633. The van der Waals surface area contributed by atoms with Crippen molar-refractivity contribution >= 4 is 40.3 Å². The van der Waals surface area contributed by atoms with E-state index in [9.17, 15) is 39.9 Å². The van der Waals surface area contributed by atoms with Crippen LogP contribution in [0, 0.1) is 30.6 Å². The van der Waals surface area contributed by atoms with Crippen molar-refractivity contribution in [3.05, 3.63) is 52.8 Å². The van der Waals surface area contributed by atoms with Crippen molar-refractivity contribution in [1.82, 2.24) is 9.91 Å². The molecule has 5 aliphatic heterocycles. The molecule has 0 saturated carbocycles. The first-order valence-electron chi connectivity index (χ1n) is 21.4. The summed E-state index contributed by atoms with van der Waals surface area (Å²) >= 11 is 0. The Kier molecular flexibility index (Phi) is 14.0. The number of rotatable bonds is 4. The maximum atomic E-state index is 14.5. The molecular formula is C46H62N4O12. The number of piperazine rings is 1. The number of phenolic OH excluding ortho intramolecular Hbond substituents is 3. The molecule has 2 saturated heterocycles. The molecule has 0 aromatic heterocycles. The van der Waals surface area contributed by atoms with E-state index in [0.717, 1.165) is 32.4 Å². The largest absolute Gasteiger partial charge is 0.507 e. The minimum Gasteiger partial charge on any atom is -0.507 e. The van der Waals surface area contributed by atoms with Gasteiger partial charge in [-0.15, -0.1) is 0 Å². The zero-order chi connectivity index (χ0) is 45.4. The smallest absolute Gasteiger partial charge is 0.312 e. The van der Waals surface area contributed by atoms with E-state index in [1.807, 2.05) is 5.01 Å². The summed E-state index contributed by atoms with van der Waals surface area (Å²) in [4.78, 5) is 43.2. The van der Waals surface area contributed by atoms with Gasteiger partial charge in [0.05, 0.1) is 59.5 Å². The topological polar surface area (TPSA) is 220 Å². The summed E-state index contributed by atoms with van der Waals surface area (Å²) < 4.78 is 23.7. The number of hydrogen-bond acceptors (Lipinski definition) is 15. The first-order chi connectivity index (χ1) is 29.3. The van der Waals surface area contributed by atoms with Crippen LogP contribution in [0.15, 0.2) is 41.2 Å². The monoisotopic (exact) mass is 862 g/mol. The highest BCUT2D eigenvalue weighted by atomic mass is 16.7. The van der Waals surface area contributed by atoms with Gasteiger partial charge < -0.3 is 49.8 Å². The number of allylic oxidation sites excluding steroid dienone is 2. The highest BCUT2D eigenvalue weighted by Gasteiger charge is 2.50. The van der Waals surface area contributed by atoms with Crippen molar-refractivity contribution in [1.29, 1.82) is 0 Å². The number of anilines is 1. The normalized spacial score (nSPS) is 33.4. The number of amides is 1. The molecule has 5 bridgehead atoms. The lowest BCUT2D eigenvalue weighted by molar-refractivity contribution is -0.160. The lowest BCUT2D eigenvalue weighted by Gasteiger charge is -2.42. The van der Waals surface area contributed by atoms with E-state index in [0.29, 0.717) is 19.1 Å². The van der Waals surface area contributed by atoms with Crippen molar-refractivity contribution in [2.45, 2.75) is 111 Å². The number of piperidine rings is 1. The highest BCUT2D eigenvalue weighted by molar-refractivity contribution is 6.23. The minimum atomic E-state index is -2.04. The molecule has 0 radical (unpaired) electrons. The Morgan fingerprint density at radius 2 is 1.68 bits per heavy atom. The number of nitrogens with zero attached hydrogens (tertiary/aromatic N) is 3. The molecule has 1 amide bonds. The second kappa shape index (κ2) is 18.7. The number of aliphatic hydroxyl groups is 2. The summed E-state index contributed by atoms with van der Waals surface area (Å²) in [7, 11) is 1.44. The lowest BCUT2D eigenvalue weighted by Crippen LogP contribution is -2.53. The van der Waals surface area contributed by atoms with Crippen LogP contribution >= 0.6 is 0 Å². The Morgan fingerprint density at radius 3 is 2.37 bits per heavy atom. The van der Waals surface area contributed by atoms with E-state index in [1.54, 1.807) is 39.8 Å². The zero-order valence-corrected chi connectivity index (χ0v) is 37.0. The van der Waals surface area contributed by atoms with Gasteiger partial charge in [-0.05, 0) is 39.3 Å². The van der Waals surface area contributed by atoms with Gasteiger partial charge in [-0.2, -0.15) is 5.10 Å². The van der Waals surface area contributed by atoms with Gasteiger partial charge in [-0.1, -0.05) is 52.3 Å². The molecule has 338 valence electrons. The van der Waals surface area contributed by atoms with Gasteiger partial charge in [0.1, 0.15) is 23.4 Å². The molecule has 62 heavy (non-hydrogen) atoms. The fourth-order valence-corrected chi connectivity index (χ4v) is 9.26. The fraction of sp³-hybridized carbons (Fsp3) is 0.565. The van der Waals surface area contributed by atoms with E-state index >= 15 is 0 Å². The number of carbonyl (C=O) groups excluding carboxylic acids is 3. The van der Waals surface area contributed by atoms with Gasteiger partial charge in [0.2, 0.25) is 0 Å². The number of carbonyl (C=O) groups is 3. The number of methoxy groups -OCH3 is 1. The molecule has 0 spiro atoms. The maximum Gasteiger partial charge on any atom is 0.312 e. The van der Waals surface area contributed by atoms with Gasteiger partial charge in [0, 0.05) is 80.3 Å². The van der Waals surface area contributed by atoms with Crippen LogP contribution < -0.4 is 10.1 Å². The van der Waals surface area contributed by atoms with E-state index in [1.165, 1.54) is 59.4 Å². The molecule has 10 atom stereocenters. The molecule has 7 rings (SSSR count). The average Bonchev–Trinajstić information content (AvgIpc) is 3.51. The fourth-order valence-electron chi connectivity index (χ4n) is 9.26. The molecule has 2 aromatic rings. The van der Waals surface area contributed by atoms with E-state index in [4.69, 9.17) is 24.0 Å². The van der Waals surface area contributed by atoms with Crippen LogP contribution in [0.3, 0.4) is 0 Å².